The van der Waals surface area contributed by atoms with Gasteiger partial charge in [0.1, 0.15) is 12.2 Å². The minimum absolute atomic E-state index is 0. The van der Waals surface area contributed by atoms with E-state index >= 15 is 0 Å². The van der Waals surface area contributed by atoms with Gasteiger partial charge in [0, 0.05) is 11.8 Å². The zero-order chi connectivity index (χ0) is 18.9. The number of rotatable bonds is 2. The molecule has 0 spiro atoms. The number of carbonyl (C=O) groups excluding carboxylic acids is 2. The Kier molecular flexibility index (Phi) is 6.09. The van der Waals surface area contributed by atoms with Crippen LogP contribution in [0, 0.1) is 28.6 Å². The summed E-state index contributed by atoms with van der Waals surface area (Å²) in [4.78, 5) is 24.3. The summed E-state index contributed by atoms with van der Waals surface area (Å²) in [6.45, 7) is 3.46. The summed E-state index contributed by atoms with van der Waals surface area (Å²) in [6.07, 6.45) is 5.74. The van der Waals surface area contributed by atoms with E-state index in [1.807, 2.05) is 6.92 Å². The van der Waals surface area contributed by atoms with Gasteiger partial charge in [-0.05, 0) is 67.8 Å². The van der Waals surface area contributed by atoms with E-state index in [0.717, 1.165) is 25.7 Å². The summed E-state index contributed by atoms with van der Waals surface area (Å²) in [5.74, 6) is 0.140. The number of hydrogen-bond acceptors (Lipinski definition) is 5. The Morgan fingerprint density at radius 1 is 1.26 bits per heavy atom. The van der Waals surface area contributed by atoms with Crippen LogP contribution in [-0.2, 0) is 9.59 Å². The SMILES string of the molecule is C[C@]12CCC(=O)C=C1CC[C@@H]1[C@@H]2[C@@H](O)C[C@@]2(C)[C@H]1CC[C@]2(O)C(=O)CO.[H-].[K+]. The van der Waals surface area contributed by atoms with Crippen molar-refractivity contribution in [3.05, 3.63) is 11.6 Å². The Morgan fingerprint density at radius 2 is 1.96 bits per heavy atom. The topological polar surface area (TPSA) is 94.8 Å². The van der Waals surface area contributed by atoms with Gasteiger partial charge in [-0.25, -0.2) is 0 Å². The van der Waals surface area contributed by atoms with Crippen LogP contribution in [-0.4, -0.2) is 45.2 Å². The molecule has 0 unspecified atom stereocenters. The predicted octanol–water partition coefficient (Wildman–Crippen LogP) is -1.10. The fourth-order valence-corrected chi connectivity index (χ4v) is 7.28. The monoisotopic (exact) mass is 402 g/mol. The molecule has 0 heterocycles. The summed E-state index contributed by atoms with van der Waals surface area (Å²) in [5.41, 5.74) is -1.23. The third kappa shape index (κ3) is 2.97. The quantitative estimate of drug-likeness (QED) is 0.510. The van der Waals surface area contributed by atoms with Crippen molar-refractivity contribution in [2.45, 2.75) is 70.5 Å². The van der Waals surface area contributed by atoms with Gasteiger partial charge in [0.2, 0.25) is 0 Å². The van der Waals surface area contributed by atoms with E-state index in [9.17, 15) is 24.9 Å². The normalized spacial score (nSPS) is 48.6. The second kappa shape index (κ2) is 7.38. The molecule has 0 aliphatic heterocycles. The third-order valence-electron chi connectivity index (χ3n) is 8.65. The van der Waals surface area contributed by atoms with Crippen LogP contribution in [0.5, 0.6) is 0 Å². The smallest absolute Gasteiger partial charge is 1.00 e. The van der Waals surface area contributed by atoms with Crippen molar-refractivity contribution in [3.63, 3.8) is 0 Å². The Labute approximate surface area is 204 Å². The van der Waals surface area contributed by atoms with E-state index in [1.165, 1.54) is 5.57 Å². The number of hydrogen-bond donors (Lipinski definition) is 3. The fourth-order valence-electron chi connectivity index (χ4n) is 7.28. The summed E-state index contributed by atoms with van der Waals surface area (Å²) < 4.78 is 0. The second-order valence-electron chi connectivity index (χ2n) is 9.56. The maximum Gasteiger partial charge on any atom is 1.00 e. The maximum atomic E-state index is 12.4. The molecule has 0 amide bonds. The van der Waals surface area contributed by atoms with Crippen molar-refractivity contribution in [2.75, 3.05) is 6.61 Å². The first-order chi connectivity index (χ1) is 12.2. The molecule has 4 aliphatic carbocycles. The van der Waals surface area contributed by atoms with E-state index in [4.69, 9.17) is 0 Å². The summed E-state index contributed by atoms with van der Waals surface area (Å²) in [5, 5.41) is 31.7. The molecular formula is C21H31KO5. The zero-order valence-electron chi connectivity index (χ0n) is 17.7. The minimum atomic E-state index is -1.54. The van der Waals surface area contributed by atoms with Gasteiger partial charge in [-0.3, -0.25) is 9.59 Å². The maximum absolute atomic E-state index is 12.4. The molecule has 146 valence electrons. The molecule has 0 aromatic heterocycles. The minimum Gasteiger partial charge on any atom is -1.00 e. The van der Waals surface area contributed by atoms with E-state index in [2.05, 4.69) is 6.92 Å². The van der Waals surface area contributed by atoms with Gasteiger partial charge in [-0.15, -0.1) is 0 Å². The molecular weight excluding hydrogens is 371 g/mol. The standard InChI is InChI=1S/C21H30O5.K.H/c1-19-7-5-13(23)9-12(19)3-4-14-15-6-8-21(26,17(25)11-22)20(15,2)10-16(24)18(14)19;;/h9,14-16,18,22,24,26H,3-8,10-11H2,1-2H3;;/q;+1;-1/t14-,15-,16-,18+,19-,20-,21-;;/m0../s1. The zero-order valence-corrected chi connectivity index (χ0v) is 19.8. The molecule has 0 saturated heterocycles. The Balaban J connectivity index is 0.00000140. The third-order valence-corrected chi connectivity index (χ3v) is 8.65. The average Bonchev–Trinajstić information content (AvgIpc) is 2.86. The van der Waals surface area contributed by atoms with Crippen LogP contribution in [0.25, 0.3) is 0 Å². The Hall–Kier alpha value is 0.596. The number of carbonyl (C=O) groups is 2. The van der Waals surface area contributed by atoms with E-state index in [0.29, 0.717) is 19.3 Å². The Morgan fingerprint density at radius 3 is 2.63 bits per heavy atom. The number of fused-ring (bicyclic) bond motifs is 5. The second-order valence-corrected chi connectivity index (χ2v) is 9.56. The van der Waals surface area contributed by atoms with Crippen LogP contribution in [0.2, 0.25) is 0 Å². The molecule has 0 radical (unpaired) electrons. The molecule has 0 bridgehead atoms. The molecule has 0 aromatic carbocycles. The number of aliphatic hydroxyl groups excluding tert-OH is 2. The van der Waals surface area contributed by atoms with Crippen LogP contribution in [0.4, 0.5) is 0 Å². The molecule has 3 fully saturated rings. The van der Waals surface area contributed by atoms with E-state index < -0.39 is 29.5 Å². The van der Waals surface area contributed by atoms with Crippen molar-refractivity contribution in [2.24, 2.45) is 28.6 Å². The van der Waals surface area contributed by atoms with Gasteiger partial charge in [0.15, 0.2) is 11.6 Å². The molecule has 0 aromatic rings. The van der Waals surface area contributed by atoms with Gasteiger partial charge >= 0.3 is 51.4 Å². The van der Waals surface area contributed by atoms with Crippen molar-refractivity contribution in [1.29, 1.82) is 0 Å². The van der Waals surface area contributed by atoms with Crippen molar-refractivity contribution in [1.82, 2.24) is 0 Å². The number of aliphatic hydroxyl groups is 3. The summed E-state index contributed by atoms with van der Waals surface area (Å²) >= 11 is 0. The van der Waals surface area contributed by atoms with Crippen molar-refractivity contribution >= 4 is 11.6 Å². The molecule has 3 N–H and O–H groups in total. The summed E-state index contributed by atoms with van der Waals surface area (Å²) in [6, 6.07) is 0. The molecule has 7 atom stereocenters. The van der Waals surface area contributed by atoms with Gasteiger partial charge in [-0.1, -0.05) is 19.4 Å². The number of allylic oxidation sites excluding steroid dienone is 1. The van der Waals surface area contributed by atoms with Crippen LogP contribution in [0.15, 0.2) is 11.6 Å². The average molecular weight is 403 g/mol. The first kappa shape index (κ1) is 22.3. The van der Waals surface area contributed by atoms with E-state index in [-0.39, 0.29) is 81.8 Å². The number of ketones is 2. The summed E-state index contributed by atoms with van der Waals surface area (Å²) in [7, 11) is 0. The number of Topliss-reactive ketones (excluding diaryl/α,β-unsaturated/α-hetero) is 1. The molecule has 6 heteroatoms. The van der Waals surface area contributed by atoms with Crippen LogP contribution in [0.1, 0.15) is 60.2 Å². The van der Waals surface area contributed by atoms with Crippen LogP contribution in [0.3, 0.4) is 0 Å². The first-order valence-electron chi connectivity index (χ1n) is 9.96. The van der Waals surface area contributed by atoms with Crippen molar-refractivity contribution < 1.29 is 77.7 Å². The molecule has 5 nitrogen and oxygen atoms in total. The van der Waals surface area contributed by atoms with Gasteiger partial charge in [0.05, 0.1) is 6.10 Å². The van der Waals surface area contributed by atoms with Crippen LogP contribution < -0.4 is 51.4 Å². The van der Waals surface area contributed by atoms with Crippen LogP contribution >= 0.6 is 0 Å². The molecule has 27 heavy (non-hydrogen) atoms. The van der Waals surface area contributed by atoms with Gasteiger partial charge in [0.25, 0.3) is 0 Å². The van der Waals surface area contributed by atoms with Gasteiger partial charge in [-0.2, -0.15) is 0 Å². The Bertz CT molecular complexity index is 696. The fraction of sp³-hybridized carbons (Fsp3) is 0.810. The molecule has 4 aliphatic rings. The molecule has 4 rings (SSSR count). The van der Waals surface area contributed by atoms with Gasteiger partial charge < -0.3 is 16.7 Å². The predicted molar refractivity (Wildman–Crippen MR) is 96.3 cm³/mol. The van der Waals surface area contributed by atoms with E-state index in [1.54, 1.807) is 6.08 Å². The molecule has 3 saturated carbocycles. The largest absolute Gasteiger partial charge is 1.00 e. The first-order valence-corrected chi connectivity index (χ1v) is 9.96. The van der Waals surface area contributed by atoms with Crippen molar-refractivity contribution in [3.8, 4) is 0 Å².